The number of nitrogens with zero attached hydrogens (tertiary/aromatic N) is 1. The van der Waals surface area contributed by atoms with E-state index in [1.54, 1.807) is 4.90 Å². The molecule has 1 aromatic carbocycles. The first-order chi connectivity index (χ1) is 8.77. The minimum Gasteiger partial charge on any atom is -0.508 e. The quantitative estimate of drug-likeness (QED) is 0.863. The van der Waals surface area contributed by atoms with Gasteiger partial charge in [-0.15, -0.1) is 0 Å². The van der Waals surface area contributed by atoms with Gasteiger partial charge in [0.05, 0.1) is 11.5 Å². The number of primary amides is 1. The van der Waals surface area contributed by atoms with Crippen molar-refractivity contribution in [1.29, 1.82) is 0 Å². The van der Waals surface area contributed by atoms with Crippen LogP contribution in [0.1, 0.15) is 12.0 Å². The molecule has 1 saturated heterocycles. The zero-order valence-corrected chi connectivity index (χ0v) is 9.94. The molecule has 7 heteroatoms. The number of hydrogen-bond acceptors (Lipinski definition) is 3. The van der Waals surface area contributed by atoms with E-state index in [1.807, 2.05) is 0 Å². The molecule has 1 aliphatic rings. The molecule has 104 valence electrons. The SMILES string of the molecule is NC(=O)C1CCN(c2cc(O)cc(C(F)(F)F)c2)C1. The first-order valence-corrected chi connectivity index (χ1v) is 5.73. The van der Waals surface area contributed by atoms with Crippen molar-refractivity contribution >= 4 is 11.6 Å². The third-order valence-electron chi connectivity index (χ3n) is 3.19. The number of hydrogen-bond donors (Lipinski definition) is 2. The molecule has 3 N–H and O–H groups in total. The van der Waals surface area contributed by atoms with Gasteiger partial charge in [0.1, 0.15) is 5.75 Å². The van der Waals surface area contributed by atoms with Crippen molar-refractivity contribution in [3.05, 3.63) is 23.8 Å². The number of phenols is 1. The number of halogens is 3. The zero-order chi connectivity index (χ0) is 14.2. The maximum Gasteiger partial charge on any atom is 0.416 e. The van der Waals surface area contributed by atoms with Gasteiger partial charge in [0, 0.05) is 24.8 Å². The molecule has 2 rings (SSSR count). The smallest absolute Gasteiger partial charge is 0.416 e. The first kappa shape index (κ1) is 13.5. The van der Waals surface area contributed by atoms with Crippen molar-refractivity contribution in [3.8, 4) is 5.75 Å². The van der Waals surface area contributed by atoms with Crippen LogP contribution < -0.4 is 10.6 Å². The van der Waals surface area contributed by atoms with Crippen LogP contribution in [0.4, 0.5) is 18.9 Å². The van der Waals surface area contributed by atoms with E-state index in [2.05, 4.69) is 0 Å². The molecule has 0 spiro atoms. The molecule has 19 heavy (non-hydrogen) atoms. The van der Waals surface area contributed by atoms with E-state index in [0.29, 0.717) is 19.0 Å². The van der Waals surface area contributed by atoms with Gasteiger partial charge in [-0.25, -0.2) is 0 Å². The van der Waals surface area contributed by atoms with Gasteiger partial charge in [-0.05, 0) is 18.6 Å². The maximum absolute atomic E-state index is 12.6. The molecule has 1 amide bonds. The Morgan fingerprint density at radius 1 is 1.37 bits per heavy atom. The predicted molar refractivity (Wildman–Crippen MR) is 62.6 cm³/mol. The predicted octanol–water partition coefficient (Wildman–Crippen LogP) is 1.72. The molecule has 1 atom stereocenters. The number of alkyl halides is 3. The van der Waals surface area contributed by atoms with Crippen LogP contribution in [0.25, 0.3) is 0 Å². The fourth-order valence-electron chi connectivity index (χ4n) is 2.17. The second kappa shape index (κ2) is 4.64. The van der Waals surface area contributed by atoms with Gasteiger partial charge in [0.25, 0.3) is 0 Å². The number of amides is 1. The minimum atomic E-state index is -4.52. The van der Waals surface area contributed by atoms with E-state index in [-0.39, 0.29) is 18.2 Å². The lowest BCUT2D eigenvalue weighted by molar-refractivity contribution is -0.137. The molecule has 0 aliphatic carbocycles. The summed E-state index contributed by atoms with van der Waals surface area (Å²) in [4.78, 5) is 12.7. The van der Waals surface area contributed by atoms with E-state index < -0.39 is 23.4 Å². The molecular formula is C12H13F3N2O2. The van der Waals surface area contributed by atoms with Crippen LogP contribution in [0.3, 0.4) is 0 Å². The molecule has 1 unspecified atom stereocenters. The number of benzene rings is 1. The lowest BCUT2D eigenvalue weighted by Gasteiger charge is -2.20. The number of carbonyl (C=O) groups excluding carboxylic acids is 1. The van der Waals surface area contributed by atoms with Crippen LogP contribution in [0.5, 0.6) is 5.75 Å². The van der Waals surface area contributed by atoms with Crippen molar-refractivity contribution in [2.45, 2.75) is 12.6 Å². The molecular weight excluding hydrogens is 261 g/mol. The molecule has 1 heterocycles. The van der Waals surface area contributed by atoms with E-state index in [1.165, 1.54) is 6.07 Å². The van der Waals surface area contributed by atoms with Gasteiger partial charge in [0.15, 0.2) is 0 Å². The summed E-state index contributed by atoms with van der Waals surface area (Å²) in [6.45, 7) is 0.713. The fraction of sp³-hybridized carbons (Fsp3) is 0.417. The van der Waals surface area contributed by atoms with Crippen molar-refractivity contribution in [1.82, 2.24) is 0 Å². The molecule has 4 nitrogen and oxygen atoms in total. The summed E-state index contributed by atoms with van der Waals surface area (Å²) in [6.07, 6.45) is -4.01. The summed E-state index contributed by atoms with van der Waals surface area (Å²) in [5, 5.41) is 9.37. The summed E-state index contributed by atoms with van der Waals surface area (Å²) in [5.41, 5.74) is 4.51. The van der Waals surface area contributed by atoms with Crippen LogP contribution in [0.2, 0.25) is 0 Å². The van der Waals surface area contributed by atoms with Gasteiger partial charge >= 0.3 is 6.18 Å². The van der Waals surface area contributed by atoms with Gasteiger partial charge in [-0.2, -0.15) is 13.2 Å². The molecule has 1 fully saturated rings. The van der Waals surface area contributed by atoms with Gasteiger partial charge in [0.2, 0.25) is 5.91 Å². The Morgan fingerprint density at radius 3 is 2.58 bits per heavy atom. The second-order valence-electron chi connectivity index (χ2n) is 4.57. The number of aromatic hydroxyl groups is 1. The van der Waals surface area contributed by atoms with Gasteiger partial charge < -0.3 is 15.7 Å². The van der Waals surface area contributed by atoms with Crippen molar-refractivity contribution in [3.63, 3.8) is 0 Å². The van der Waals surface area contributed by atoms with Gasteiger partial charge in [-0.3, -0.25) is 4.79 Å². The Morgan fingerprint density at radius 2 is 2.05 bits per heavy atom. The van der Waals surface area contributed by atoms with E-state index in [4.69, 9.17) is 5.73 Å². The average molecular weight is 274 g/mol. The molecule has 0 saturated carbocycles. The number of rotatable bonds is 2. The second-order valence-corrected chi connectivity index (χ2v) is 4.57. The summed E-state index contributed by atoms with van der Waals surface area (Å²) in [6, 6.07) is 2.88. The first-order valence-electron chi connectivity index (χ1n) is 5.73. The Labute approximate surface area is 107 Å². The van der Waals surface area contributed by atoms with Crippen molar-refractivity contribution < 1.29 is 23.1 Å². The molecule has 1 aliphatic heterocycles. The third kappa shape index (κ3) is 2.91. The van der Waals surface area contributed by atoms with Crippen LogP contribution >= 0.6 is 0 Å². The normalized spacial score (nSPS) is 19.7. The lowest BCUT2D eigenvalue weighted by Crippen LogP contribution is -2.27. The molecule has 0 aromatic heterocycles. The molecule has 0 bridgehead atoms. The Bertz CT molecular complexity index is 502. The zero-order valence-electron chi connectivity index (χ0n) is 9.94. The van der Waals surface area contributed by atoms with E-state index in [0.717, 1.165) is 6.07 Å². The summed E-state index contributed by atoms with van der Waals surface area (Å²) >= 11 is 0. The largest absolute Gasteiger partial charge is 0.508 e. The number of phenolic OH excluding ortho intramolecular Hbond substituents is 1. The van der Waals surface area contributed by atoms with E-state index in [9.17, 15) is 23.1 Å². The van der Waals surface area contributed by atoms with Crippen molar-refractivity contribution in [2.24, 2.45) is 11.7 Å². The van der Waals surface area contributed by atoms with Crippen molar-refractivity contribution in [2.75, 3.05) is 18.0 Å². The fourth-order valence-corrected chi connectivity index (χ4v) is 2.17. The maximum atomic E-state index is 12.6. The standard InChI is InChI=1S/C12H13F3N2O2/c13-12(14,15)8-3-9(5-10(18)4-8)17-2-1-7(6-17)11(16)19/h3-5,7,18H,1-2,6H2,(H2,16,19). The minimum absolute atomic E-state index is 0.246. The third-order valence-corrected chi connectivity index (χ3v) is 3.19. The summed E-state index contributed by atoms with van der Waals surface area (Å²) < 4.78 is 37.9. The molecule has 0 radical (unpaired) electrons. The van der Waals surface area contributed by atoms with E-state index >= 15 is 0 Å². The highest BCUT2D eigenvalue weighted by atomic mass is 19.4. The average Bonchev–Trinajstić information content (AvgIpc) is 2.76. The highest BCUT2D eigenvalue weighted by Crippen LogP contribution is 2.36. The lowest BCUT2D eigenvalue weighted by atomic mass is 10.1. The van der Waals surface area contributed by atoms with Crippen LogP contribution in [-0.4, -0.2) is 24.1 Å². The topological polar surface area (TPSA) is 66.6 Å². The molecule has 1 aromatic rings. The number of nitrogens with two attached hydrogens (primary N) is 1. The number of anilines is 1. The summed E-state index contributed by atoms with van der Waals surface area (Å²) in [7, 11) is 0. The van der Waals surface area contributed by atoms with Crippen LogP contribution in [0.15, 0.2) is 18.2 Å². The van der Waals surface area contributed by atoms with Gasteiger partial charge in [-0.1, -0.05) is 0 Å². The Kier molecular flexibility index (Phi) is 3.30. The highest BCUT2D eigenvalue weighted by Gasteiger charge is 2.33. The Balaban J connectivity index is 2.26. The van der Waals surface area contributed by atoms with Crippen LogP contribution in [-0.2, 0) is 11.0 Å². The monoisotopic (exact) mass is 274 g/mol. The van der Waals surface area contributed by atoms with Crippen LogP contribution in [0, 0.1) is 5.92 Å². The number of carbonyl (C=O) groups is 1. The summed E-state index contributed by atoms with van der Waals surface area (Å²) in [5.74, 6) is -1.28. The Hall–Kier alpha value is -1.92. The highest BCUT2D eigenvalue weighted by molar-refractivity contribution is 5.78.